The summed E-state index contributed by atoms with van der Waals surface area (Å²) in [5.41, 5.74) is 12.3. The van der Waals surface area contributed by atoms with E-state index in [9.17, 15) is 5.11 Å². The lowest BCUT2D eigenvalue weighted by molar-refractivity contribution is -0.0425. The van der Waals surface area contributed by atoms with Crippen molar-refractivity contribution in [3.8, 4) is 0 Å². The standard InChI is InChI=1S/C10H14N6O3/c11-9-13-2-4-8(15-9)16(10(12)14-4)7-1-5(18)6(3-17)19-7/h2,5-7,17-18H,1,3H2,(H2,12,14)(H2,11,13,15)/t5-,6+,7-/m1/s1. The maximum absolute atomic E-state index is 9.76. The first-order chi connectivity index (χ1) is 9.10. The quantitative estimate of drug-likeness (QED) is 0.521. The van der Waals surface area contributed by atoms with Crippen molar-refractivity contribution >= 4 is 23.1 Å². The van der Waals surface area contributed by atoms with Gasteiger partial charge in [-0.1, -0.05) is 0 Å². The molecule has 6 N–H and O–H groups in total. The molecule has 9 nitrogen and oxygen atoms in total. The van der Waals surface area contributed by atoms with E-state index in [1.807, 2.05) is 0 Å². The Kier molecular flexibility index (Phi) is 2.73. The Morgan fingerprint density at radius 2 is 2.21 bits per heavy atom. The molecule has 1 aliphatic rings. The Balaban J connectivity index is 2.05. The second-order valence-corrected chi connectivity index (χ2v) is 4.39. The maximum atomic E-state index is 9.76. The first-order valence-corrected chi connectivity index (χ1v) is 5.80. The van der Waals surface area contributed by atoms with Crippen LogP contribution in [0.5, 0.6) is 0 Å². The lowest BCUT2D eigenvalue weighted by atomic mass is 10.2. The van der Waals surface area contributed by atoms with Crippen molar-refractivity contribution in [2.24, 2.45) is 0 Å². The van der Waals surface area contributed by atoms with Crippen LogP contribution in [0.4, 0.5) is 11.9 Å². The Bertz CT molecular complexity index is 615. The molecule has 0 aliphatic carbocycles. The number of aliphatic hydroxyl groups is 2. The third-order valence-electron chi connectivity index (χ3n) is 3.15. The van der Waals surface area contributed by atoms with Crippen molar-refractivity contribution in [1.29, 1.82) is 0 Å². The van der Waals surface area contributed by atoms with E-state index in [2.05, 4.69) is 15.0 Å². The largest absolute Gasteiger partial charge is 0.394 e. The highest BCUT2D eigenvalue weighted by molar-refractivity contribution is 5.74. The minimum Gasteiger partial charge on any atom is -0.394 e. The van der Waals surface area contributed by atoms with E-state index in [0.717, 1.165) is 0 Å². The number of fused-ring (bicyclic) bond motifs is 1. The number of ether oxygens (including phenoxy) is 1. The van der Waals surface area contributed by atoms with Crippen LogP contribution in [0, 0.1) is 0 Å². The third kappa shape index (κ3) is 1.87. The zero-order chi connectivity index (χ0) is 13.6. The first-order valence-electron chi connectivity index (χ1n) is 5.80. The molecule has 0 amide bonds. The van der Waals surface area contributed by atoms with E-state index >= 15 is 0 Å². The number of hydrogen-bond donors (Lipinski definition) is 4. The van der Waals surface area contributed by atoms with Gasteiger partial charge in [0.1, 0.15) is 17.8 Å². The van der Waals surface area contributed by atoms with E-state index in [0.29, 0.717) is 17.6 Å². The molecule has 3 rings (SSSR count). The summed E-state index contributed by atoms with van der Waals surface area (Å²) < 4.78 is 7.09. The molecule has 3 atom stereocenters. The summed E-state index contributed by atoms with van der Waals surface area (Å²) in [6.07, 6.45) is -0.164. The average molecular weight is 266 g/mol. The second kappa shape index (κ2) is 4.30. The first kappa shape index (κ1) is 12.1. The van der Waals surface area contributed by atoms with Crippen molar-refractivity contribution < 1.29 is 14.9 Å². The molecular formula is C10H14N6O3. The molecule has 2 aromatic heterocycles. The normalized spacial score (nSPS) is 27.2. The molecule has 0 radical (unpaired) electrons. The lowest BCUT2D eigenvalue weighted by Gasteiger charge is -2.14. The number of nitrogen functional groups attached to an aromatic ring is 2. The van der Waals surface area contributed by atoms with Gasteiger partial charge in [0.2, 0.25) is 11.9 Å². The van der Waals surface area contributed by atoms with E-state index < -0.39 is 18.4 Å². The van der Waals surface area contributed by atoms with E-state index in [-0.39, 0.29) is 18.5 Å². The highest BCUT2D eigenvalue weighted by Crippen LogP contribution is 2.32. The van der Waals surface area contributed by atoms with Gasteiger partial charge in [-0.3, -0.25) is 4.57 Å². The van der Waals surface area contributed by atoms with Crippen LogP contribution in [0.2, 0.25) is 0 Å². The van der Waals surface area contributed by atoms with Crippen LogP contribution in [0.25, 0.3) is 11.2 Å². The summed E-state index contributed by atoms with van der Waals surface area (Å²) in [5, 5.41) is 18.9. The van der Waals surface area contributed by atoms with Crippen molar-refractivity contribution in [2.45, 2.75) is 24.9 Å². The third-order valence-corrected chi connectivity index (χ3v) is 3.15. The lowest BCUT2D eigenvalue weighted by Crippen LogP contribution is -2.24. The molecule has 0 bridgehead atoms. The number of imidazole rings is 1. The van der Waals surface area contributed by atoms with Crippen molar-refractivity contribution in [3.63, 3.8) is 0 Å². The number of aromatic nitrogens is 4. The molecule has 0 saturated carbocycles. The molecule has 0 aromatic carbocycles. The molecule has 3 heterocycles. The van der Waals surface area contributed by atoms with Crippen LogP contribution in [0.15, 0.2) is 6.20 Å². The van der Waals surface area contributed by atoms with Gasteiger partial charge in [-0.25, -0.2) is 9.97 Å². The Labute approximate surface area is 107 Å². The zero-order valence-electron chi connectivity index (χ0n) is 9.97. The predicted octanol–water partition coefficient (Wildman–Crippen LogP) is -1.37. The number of rotatable bonds is 2. The monoisotopic (exact) mass is 266 g/mol. The highest BCUT2D eigenvalue weighted by Gasteiger charge is 2.36. The van der Waals surface area contributed by atoms with E-state index in [1.165, 1.54) is 6.20 Å². The van der Waals surface area contributed by atoms with Crippen molar-refractivity contribution in [1.82, 2.24) is 19.5 Å². The van der Waals surface area contributed by atoms with Gasteiger partial charge < -0.3 is 26.4 Å². The summed E-state index contributed by atoms with van der Waals surface area (Å²) in [4.78, 5) is 12.0. The van der Waals surface area contributed by atoms with Crippen LogP contribution in [0.3, 0.4) is 0 Å². The molecular weight excluding hydrogens is 252 g/mol. The predicted molar refractivity (Wildman–Crippen MR) is 65.8 cm³/mol. The van der Waals surface area contributed by atoms with Crippen LogP contribution >= 0.6 is 0 Å². The Morgan fingerprint density at radius 1 is 1.42 bits per heavy atom. The van der Waals surface area contributed by atoms with Gasteiger partial charge >= 0.3 is 0 Å². The van der Waals surface area contributed by atoms with Crippen LogP contribution < -0.4 is 11.5 Å². The summed E-state index contributed by atoms with van der Waals surface area (Å²) in [7, 11) is 0. The van der Waals surface area contributed by atoms with E-state index in [4.69, 9.17) is 21.3 Å². The van der Waals surface area contributed by atoms with Gasteiger partial charge in [0.25, 0.3) is 0 Å². The molecule has 102 valence electrons. The van der Waals surface area contributed by atoms with Gasteiger partial charge in [0.05, 0.1) is 18.9 Å². The second-order valence-electron chi connectivity index (χ2n) is 4.39. The van der Waals surface area contributed by atoms with Crippen LogP contribution in [-0.2, 0) is 4.74 Å². The fraction of sp³-hybridized carbons (Fsp3) is 0.500. The number of hydrogen-bond acceptors (Lipinski definition) is 8. The Morgan fingerprint density at radius 3 is 2.89 bits per heavy atom. The van der Waals surface area contributed by atoms with Gasteiger partial charge in [-0.15, -0.1) is 0 Å². The van der Waals surface area contributed by atoms with Gasteiger partial charge in [-0.2, -0.15) is 4.98 Å². The number of nitrogens with two attached hydrogens (primary N) is 2. The van der Waals surface area contributed by atoms with E-state index in [1.54, 1.807) is 4.57 Å². The molecule has 2 aromatic rings. The molecule has 19 heavy (non-hydrogen) atoms. The summed E-state index contributed by atoms with van der Waals surface area (Å²) in [5.74, 6) is 0.302. The smallest absolute Gasteiger partial charge is 0.222 e. The topological polar surface area (TPSA) is 145 Å². The summed E-state index contributed by atoms with van der Waals surface area (Å²) in [6, 6.07) is 0. The van der Waals surface area contributed by atoms with Crippen molar-refractivity contribution in [2.75, 3.05) is 18.1 Å². The van der Waals surface area contributed by atoms with Crippen LogP contribution in [0.1, 0.15) is 12.6 Å². The molecule has 9 heteroatoms. The minimum absolute atomic E-state index is 0.103. The fourth-order valence-corrected chi connectivity index (χ4v) is 2.24. The molecule has 1 fully saturated rings. The van der Waals surface area contributed by atoms with Gasteiger partial charge in [-0.05, 0) is 0 Å². The molecule has 1 aliphatic heterocycles. The molecule has 0 unspecified atom stereocenters. The number of nitrogens with zero attached hydrogens (tertiary/aromatic N) is 4. The Hall–Kier alpha value is -1.97. The number of aliphatic hydroxyl groups excluding tert-OH is 2. The number of anilines is 2. The maximum Gasteiger partial charge on any atom is 0.222 e. The van der Waals surface area contributed by atoms with Crippen LogP contribution in [-0.4, -0.2) is 48.5 Å². The highest BCUT2D eigenvalue weighted by atomic mass is 16.5. The average Bonchev–Trinajstić information content (AvgIpc) is 2.88. The SMILES string of the molecule is Nc1ncc2nc(N)n([C@H]3C[C@@H](O)[C@H](CO)O3)c2n1. The van der Waals surface area contributed by atoms with Crippen molar-refractivity contribution in [3.05, 3.63) is 6.20 Å². The fourth-order valence-electron chi connectivity index (χ4n) is 2.24. The summed E-state index contributed by atoms with van der Waals surface area (Å²) in [6.45, 7) is -0.263. The summed E-state index contributed by atoms with van der Waals surface area (Å²) >= 11 is 0. The molecule has 1 saturated heterocycles. The zero-order valence-corrected chi connectivity index (χ0v) is 9.97. The molecule has 0 spiro atoms. The van der Waals surface area contributed by atoms with Gasteiger partial charge in [0.15, 0.2) is 5.65 Å². The minimum atomic E-state index is -0.758. The van der Waals surface area contributed by atoms with Gasteiger partial charge in [0, 0.05) is 6.42 Å².